The molecule has 110 valence electrons. The number of halogens is 2. The number of hydrogen-bond acceptors (Lipinski definition) is 5. The number of benzene rings is 1. The van der Waals surface area contributed by atoms with Crippen molar-refractivity contribution in [3.8, 4) is 22.8 Å². The molecule has 0 saturated carbocycles. The van der Waals surface area contributed by atoms with Crippen molar-refractivity contribution in [3.63, 3.8) is 0 Å². The van der Waals surface area contributed by atoms with Gasteiger partial charge in [0.2, 0.25) is 0 Å². The highest BCUT2D eigenvalue weighted by Gasteiger charge is 2.26. The lowest BCUT2D eigenvalue weighted by Gasteiger charge is -2.12. The second-order valence-electron chi connectivity index (χ2n) is 4.31. The molecule has 0 unspecified atom stereocenters. The summed E-state index contributed by atoms with van der Waals surface area (Å²) >= 11 is 3.09. The van der Waals surface area contributed by atoms with Crippen LogP contribution < -0.4 is 9.47 Å². The van der Waals surface area contributed by atoms with Crippen molar-refractivity contribution in [3.05, 3.63) is 28.1 Å². The lowest BCUT2D eigenvalue weighted by molar-refractivity contribution is 0.0686. The van der Waals surface area contributed by atoms with E-state index in [0.29, 0.717) is 25.4 Å². The smallest absolute Gasteiger partial charge is 0.358 e. The van der Waals surface area contributed by atoms with E-state index in [2.05, 4.69) is 21.1 Å². The summed E-state index contributed by atoms with van der Waals surface area (Å²) in [6.45, 7) is 0.808. The summed E-state index contributed by atoms with van der Waals surface area (Å²) in [4.78, 5) is 10.9. The van der Waals surface area contributed by atoms with Crippen LogP contribution in [0.3, 0.4) is 0 Å². The predicted octanol–water partition coefficient (Wildman–Crippen LogP) is 3.10. The molecule has 8 heteroatoms. The van der Waals surface area contributed by atoms with Crippen molar-refractivity contribution in [2.45, 2.75) is 6.42 Å². The number of rotatable bonds is 2. The first-order valence-corrected chi connectivity index (χ1v) is 6.85. The Hall–Kier alpha value is -2.09. The highest BCUT2D eigenvalue weighted by atomic mass is 79.9. The highest BCUT2D eigenvalue weighted by Crippen LogP contribution is 2.44. The minimum atomic E-state index is -1.26. The summed E-state index contributed by atoms with van der Waals surface area (Å²) in [5.41, 5.74) is -0.325. The molecule has 1 aromatic heterocycles. The normalized spacial score (nSPS) is 13.8. The van der Waals surface area contributed by atoms with E-state index in [1.807, 2.05) is 0 Å². The molecule has 0 atom stereocenters. The van der Waals surface area contributed by atoms with Crippen LogP contribution in [0.1, 0.15) is 16.9 Å². The van der Waals surface area contributed by atoms with Crippen LogP contribution in [0.5, 0.6) is 11.5 Å². The van der Waals surface area contributed by atoms with E-state index in [1.165, 1.54) is 6.07 Å². The van der Waals surface area contributed by atoms with Crippen LogP contribution in [-0.4, -0.2) is 29.4 Å². The second-order valence-corrected chi connectivity index (χ2v) is 5.16. The Morgan fingerprint density at radius 1 is 1.33 bits per heavy atom. The minimum absolute atomic E-state index is 0.0127. The van der Waals surface area contributed by atoms with Gasteiger partial charge in [-0.15, -0.1) is 0 Å². The van der Waals surface area contributed by atoms with E-state index in [0.717, 1.165) is 6.07 Å². The summed E-state index contributed by atoms with van der Waals surface area (Å²) in [6, 6.07) is 2.61. The largest absolute Gasteiger partial charge is 0.489 e. The summed E-state index contributed by atoms with van der Waals surface area (Å²) in [5, 5.41) is 12.3. The van der Waals surface area contributed by atoms with Gasteiger partial charge in [0.25, 0.3) is 0 Å². The molecule has 1 aliphatic rings. The molecule has 0 aliphatic carbocycles. The number of carboxylic acid groups (broad SMARTS) is 1. The molecule has 1 aromatic carbocycles. The van der Waals surface area contributed by atoms with Crippen molar-refractivity contribution < 1.29 is 28.3 Å². The molecule has 1 N–H and O–H groups in total. The molecule has 2 aromatic rings. The molecular formula is C13H9BrFNO5. The van der Waals surface area contributed by atoms with Gasteiger partial charge in [-0.3, -0.25) is 0 Å². The monoisotopic (exact) mass is 357 g/mol. The van der Waals surface area contributed by atoms with Gasteiger partial charge in [0.15, 0.2) is 28.8 Å². The van der Waals surface area contributed by atoms with Crippen molar-refractivity contribution in [2.24, 2.45) is 0 Å². The van der Waals surface area contributed by atoms with Crippen molar-refractivity contribution >= 4 is 21.9 Å². The van der Waals surface area contributed by atoms with Gasteiger partial charge in [0.05, 0.1) is 17.7 Å². The minimum Gasteiger partial charge on any atom is -0.489 e. The van der Waals surface area contributed by atoms with Gasteiger partial charge >= 0.3 is 5.97 Å². The average molecular weight is 358 g/mol. The maximum atomic E-state index is 14.4. The standard InChI is InChI=1S/C13H9BrFNO5/c14-6-4-9-12(20-3-1-2-19-9)10(11(6)15)8-5-7(13(17)18)16-21-8/h4-5H,1-3H2,(H,17,18). The van der Waals surface area contributed by atoms with E-state index in [9.17, 15) is 9.18 Å². The molecule has 1 aliphatic heterocycles. The fourth-order valence-corrected chi connectivity index (χ4v) is 2.37. The van der Waals surface area contributed by atoms with E-state index >= 15 is 0 Å². The first kappa shape index (κ1) is 13.9. The van der Waals surface area contributed by atoms with Gasteiger partial charge in [-0.05, 0) is 15.9 Å². The van der Waals surface area contributed by atoms with Crippen LogP contribution in [-0.2, 0) is 0 Å². The van der Waals surface area contributed by atoms with Crippen LogP contribution in [0.2, 0.25) is 0 Å². The first-order valence-electron chi connectivity index (χ1n) is 6.06. The van der Waals surface area contributed by atoms with Gasteiger partial charge in [-0.2, -0.15) is 0 Å². The summed E-state index contributed by atoms with van der Waals surface area (Å²) in [6.07, 6.45) is 0.657. The van der Waals surface area contributed by atoms with Crippen LogP contribution in [0.4, 0.5) is 4.39 Å². The number of nitrogens with zero attached hydrogens (tertiary/aromatic N) is 1. The quantitative estimate of drug-likeness (QED) is 0.889. The predicted molar refractivity (Wildman–Crippen MR) is 72.2 cm³/mol. The maximum absolute atomic E-state index is 14.4. The lowest BCUT2D eigenvalue weighted by atomic mass is 10.1. The lowest BCUT2D eigenvalue weighted by Crippen LogP contribution is -1.98. The molecule has 0 radical (unpaired) electrons. The average Bonchev–Trinajstić information content (AvgIpc) is 2.82. The Morgan fingerprint density at radius 3 is 2.81 bits per heavy atom. The Labute approximate surface area is 126 Å². The number of fused-ring (bicyclic) bond motifs is 1. The summed E-state index contributed by atoms with van der Waals surface area (Å²) in [7, 11) is 0. The highest BCUT2D eigenvalue weighted by molar-refractivity contribution is 9.10. The molecule has 6 nitrogen and oxygen atoms in total. The van der Waals surface area contributed by atoms with Crippen LogP contribution in [0, 0.1) is 5.82 Å². The number of ether oxygens (including phenoxy) is 2. The number of aromatic nitrogens is 1. The Morgan fingerprint density at radius 2 is 2.10 bits per heavy atom. The van der Waals surface area contributed by atoms with Crippen LogP contribution in [0.15, 0.2) is 21.1 Å². The van der Waals surface area contributed by atoms with Gasteiger partial charge in [-0.1, -0.05) is 5.16 Å². The number of carboxylic acids is 1. The first-order chi connectivity index (χ1) is 10.1. The third kappa shape index (κ3) is 2.46. The zero-order chi connectivity index (χ0) is 15.0. The number of carbonyl (C=O) groups is 1. The maximum Gasteiger partial charge on any atom is 0.358 e. The second kappa shape index (κ2) is 5.36. The Balaban J connectivity index is 2.19. The molecule has 21 heavy (non-hydrogen) atoms. The van der Waals surface area contributed by atoms with E-state index in [1.54, 1.807) is 0 Å². The van der Waals surface area contributed by atoms with E-state index in [4.69, 9.17) is 19.1 Å². The molecule has 0 spiro atoms. The topological polar surface area (TPSA) is 81.8 Å². The van der Waals surface area contributed by atoms with Crippen molar-refractivity contribution in [1.29, 1.82) is 0 Å². The summed E-state index contributed by atoms with van der Waals surface area (Å²) in [5.74, 6) is -1.38. The Kier molecular flexibility index (Phi) is 3.54. The SMILES string of the molecule is O=C(O)c1cc(-c2c(F)c(Br)cc3c2OCCCO3)on1. The molecule has 3 rings (SSSR count). The molecule has 0 saturated heterocycles. The zero-order valence-electron chi connectivity index (χ0n) is 10.6. The fraction of sp³-hybridized carbons (Fsp3) is 0.231. The Bertz CT molecular complexity index is 715. The third-order valence-electron chi connectivity index (χ3n) is 2.91. The van der Waals surface area contributed by atoms with Gasteiger partial charge in [0.1, 0.15) is 5.56 Å². The summed E-state index contributed by atoms with van der Waals surface area (Å²) < 4.78 is 30.5. The number of hydrogen-bond donors (Lipinski definition) is 1. The number of aromatic carboxylic acids is 1. The van der Waals surface area contributed by atoms with E-state index < -0.39 is 11.8 Å². The van der Waals surface area contributed by atoms with Crippen LogP contribution in [0.25, 0.3) is 11.3 Å². The molecule has 0 fully saturated rings. The van der Waals surface area contributed by atoms with Crippen LogP contribution >= 0.6 is 15.9 Å². The van der Waals surface area contributed by atoms with Gasteiger partial charge in [-0.25, -0.2) is 9.18 Å². The molecule has 0 bridgehead atoms. The van der Waals surface area contributed by atoms with Crippen molar-refractivity contribution in [2.75, 3.05) is 13.2 Å². The van der Waals surface area contributed by atoms with Gasteiger partial charge in [0, 0.05) is 18.6 Å². The molecule has 0 amide bonds. The fourth-order valence-electron chi connectivity index (χ4n) is 1.97. The van der Waals surface area contributed by atoms with Crippen molar-refractivity contribution in [1.82, 2.24) is 5.16 Å². The van der Waals surface area contributed by atoms with Gasteiger partial charge < -0.3 is 19.1 Å². The van der Waals surface area contributed by atoms with E-state index in [-0.39, 0.29) is 27.2 Å². The zero-order valence-corrected chi connectivity index (χ0v) is 12.1. The third-order valence-corrected chi connectivity index (χ3v) is 3.48. The molecular weight excluding hydrogens is 349 g/mol. The molecule has 2 heterocycles.